The van der Waals surface area contributed by atoms with Gasteiger partial charge in [0.2, 0.25) is 0 Å². The Morgan fingerprint density at radius 3 is 2.00 bits per heavy atom. The number of rotatable bonds is 3. The smallest absolute Gasteiger partial charge is 0.313 e. The molecule has 0 aliphatic heterocycles. The second-order valence-electron chi connectivity index (χ2n) is 10.4. The molecule has 4 bridgehead atoms. The van der Waals surface area contributed by atoms with Crippen molar-refractivity contribution in [3.05, 3.63) is 0 Å². The molecule has 3 unspecified atom stereocenters. The van der Waals surface area contributed by atoms with E-state index in [1.165, 1.54) is 6.42 Å². The van der Waals surface area contributed by atoms with Gasteiger partial charge in [0, 0.05) is 6.42 Å². The molecule has 4 aliphatic rings. The molecule has 4 rings (SSSR count). The third-order valence-electron chi connectivity index (χ3n) is 7.42. The molecular weight excluding hydrogens is 288 g/mol. The lowest BCUT2D eigenvalue weighted by molar-refractivity contribution is -0.231. The van der Waals surface area contributed by atoms with Crippen LogP contribution in [0.2, 0.25) is 0 Å². The van der Waals surface area contributed by atoms with Gasteiger partial charge in [-0.15, -0.1) is 0 Å². The first-order valence-electron chi connectivity index (χ1n) is 9.35. The predicted molar refractivity (Wildman–Crippen MR) is 90.9 cm³/mol. The van der Waals surface area contributed by atoms with E-state index in [2.05, 4.69) is 41.5 Å². The lowest BCUT2D eigenvalue weighted by Crippen LogP contribution is -2.61. The highest BCUT2D eigenvalue weighted by molar-refractivity contribution is 5.78. The largest absolute Gasteiger partial charge is 0.458 e. The molecule has 23 heavy (non-hydrogen) atoms. The Kier molecular flexibility index (Phi) is 3.73. The van der Waals surface area contributed by atoms with E-state index in [0.717, 1.165) is 25.7 Å². The molecule has 3 heteroatoms. The third kappa shape index (κ3) is 2.63. The fraction of sp³-hybridized carbons (Fsp3) is 0.950. The SMILES string of the molecule is CC(C)C(C)(C(=O)OC12CC3CC(CC(O)(C3)C1)C2)C(C)(C)C. The van der Waals surface area contributed by atoms with Crippen molar-refractivity contribution in [2.75, 3.05) is 0 Å². The summed E-state index contributed by atoms with van der Waals surface area (Å²) in [6.45, 7) is 12.7. The Labute approximate surface area is 141 Å². The summed E-state index contributed by atoms with van der Waals surface area (Å²) in [6.07, 6.45) is 5.58. The second-order valence-corrected chi connectivity index (χ2v) is 10.4. The van der Waals surface area contributed by atoms with Gasteiger partial charge < -0.3 is 9.84 Å². The van der Waals surface area contributed by atoms with Crippen LogP contribution in [-0.2, 0) is 9.53 Å². The minimum absolute atomic E-state index is 0.0643. The van der Waals surface area contributed by atoms with Crippen molar-refractivity contribution < 1.29 is 14.6 Å². The van der Waals surface area contributed by atoms with Gasteiger partial charge in [-0.05, 0) is 62.2 Å². The number of hydrogen-bond donors (Lipinski definition) is 1. The van der Waals surface area contributed by atoms with E-state index in [1.54, 1.807) is 0 Å². The van der Waals surface area contributed by atoms with Crippen LogP contribution in [0.15, 0.2) is 0 Å². The zero-order chi connectivity index (χ0) is 17.3. The molecule has 3 atom stereocenters. The zero-order valence-electron chi connectivity index (χ0n) is 15.7. The number of hydrogen-bond acceptors (Lipinski definition) is 3. The van der Waals surface area contributed by atoms with E-state index in [9.17, 15) is 9.90 Å². The van der Waals surface area contributed by atoms with Gasteiger partial charge in [-0.25, -0.2) is 0 Å². The first-order valence-corrected chi connectivity index (χ1v) is 9.35. The average Bonchev–Trinajstić information content (AvgIpc) is 2.31. The first kappa shape index (κ1) is 17.3. The summed E-state index contributed by atoms with van der Waals surface area (Å²) in [5, 5.41) is 10.9. The van der Waals surface area contributed by atoms with Gasteiger partial charge in [0.15, 0.2) is 0 Å². The average molecular weight is 322 g/mol. The molecule has 0 amide bonds. The maximum atomic E-state index is 13.2. The van der Waals surface area contributed by atoms with Crippen LogP contribution in [0, 0.1) is 28.6 Å². The monoisotopic (exact) mass is 322 g/mol. The van der Waals surface area contributed by atoms with Crippen molar-refractivity contribution in [2.24, 2.45) is 28.6 Å². The standard InChI is InChI=1S/C20H34O3/c1-13(2)18(6,17(3,4)5)16(21)23-20-10-14-7-15(11-20)9-19(22,8-14)12-20/h13-15,22H,7-12H2,1-6H3. The highest BCUT2D eigenvalue weighted by Crippen LogP contribution is 2.59. The van der Waals surface area contributed by atoms with E-state index in [-0.39, 0.29) is 17.3 Å². The van der Waals surface area contributed by atoms with Crippen LogP contribution in [0.4, 0.5) is 0 Å². The predicted octanol–water partition coefficient (Wildman–Crippen LogP) is 4.32. The summed E-state index contributed by atoms with van der Waals surface area (Å²) in [5.74, 6) is 1.22. The Bertz CT molecular complexity index is 488. The lowest BCUT2D eigenvalue weighted by atomic mass is 9.52. The summed E-state index contributed by atoms with van der Waals surface area (Å²) in [6, 6.07) is 0. The van der Waals surface area contributed by atoms with Crippen molar-refractivity contribution in [1.82, 2.24) is 0 Å². The topological polar surface area (TPSA) is 46.5 Å². The molecule has 0 saturated heterocycles. The van der Waals surface area contributed by atoms with Crippen molar-refractivity contribution in [2.45, 2.75) is 91.3 Å². The highest BCUT2D eigenvalue weighted by atomic mass is 16.6. The summed E-state index contributed by atoms with van der Waals surface area (Å²) >= 11 is 0. The number of carbonyl (C=O) groups excluding carboxylic acids is 1. The van der Waals surface area contributed by atoms with Crippen LogP contribution in [0.5, 0.6) is 0 Å². The maximum Gasteiger partial charge on any atom is 0.313 e. The minimum Gasteiger partial charge on any atom is -0.458 e. The van der Waals surface area contributed by atoms with E-state index in [1.807, 2.05) is 0 Å². The Morgan fingerprint density at radius 2 is 1.61 bits per heavy atom. The van der Waals surface area contributed by atoms with Crippen LogP contribution in [0.3, 0.4) is 0 Å². The van der Waals surface area contributed by atoms with Crippen LogP contribution < -0.4 is 0 Å². The number of carbonyl (C=O) groups is 1. The summed E-state index contributed by atoms with van der Waals surface area (Å²) < 4.78 is 6.27. The molecule has 0 heterocycles. The molecule has 4 aliphatic carbocycles. The Hall–Kier alpha value is -0.570. The van der Waals surface area contributed by atoms with Gasteiger partial charge in [0.25, 0.3) is 0 Å². The Morgan fingerprint density at radius 1 is 1.09 bits per heavy atom. The van der Waals surface area contributed by atoms with Crippen LogP contribution >= 0.6 is 0 Å². The molecule has 132 valence electrons. The molecule has 0 spiro atoms. The van der Waals surface area contributed by atoms with E-state index < -0.39 is 16.6 Å². The van der Waals surface area contributed by atoms with Crippen LogP contribution in [0.25, 0.3) is 0 Å². The summed E-state index contributed by atoms with van der Waals surface area (Å²) in [7, 11) is 0. The highest BCUT2D eigenvalue weighted by Gasteiger charge is 2.60. The number of esters is 1. The van der Waals surface area contributed by atoms with Crippen molar-refractivity contribution >= 4 is 5.97 Å². The molecule has 4 saturated carbocycles. The fourth-order valence-electron chi connectivity index (χ4n) is 5.96. The molecule has 0 aromatic carbocycles. The maximum absolute atomic E-state index is 13.2. The molecular formula is C20H34O3. The minimum atomic E-state index is -0.583. The fourth-order valence-corrected chi connectivity index (χ4v) is 5.96. The second kappa shape index (κ2) is 4.97. The normalized spacial score (nSPS) is 41.9. The first-order chi connectivity index (χ1) is 10.4. The molecule has 3 nitrogen and oxygen atoms in total. The number of ether oxygens (including phenoxy) is 1. The van der Waals surface area contributed by atoms with Gasteiger partial charge >= 0.3 is 5.97 Å². The molecule has 0 aromatic rings. The van der Waals surface area contributed by atoms with Crippen LogP contribution in [-0.4, -0.2) is 22.3 Å². The molecule has 0 radical (unpaired) electrons. The van der Waals surface area contributed by atoms with Crippen molar-refractivity contribution in [3.63, 3.8) is 0 Å². The number of aliphatic hydroxyl groups is 1. The van der Waals surface area contributed by atoms with Crippen molar-refractivity contribution in [3.8, 4) is 0 Å². The third-order valence-corrected chi connectivity index (χ3v) is 7.42. The van der Waals surface area contributed by atoms with E-state index in [4.69, 9.17) is 4.74 Å². The van der Waals surface area contributed by atoms with Gasteiger partial charge in [-0.3, -0.25) is 4.79 Å². The van der Waals surface area contributed by atoms with E-state index in [0.29, 0.717) is 18.3 Å². The van der Waals surface area contributed by atoms with E-state index >= 15 is 0 Å². The van der Waals surface area contributed by atoms with Gasteiger partial charge in [-0.2, -0.15) is 0 Å². The zero-order valence-corrected chi connectivity index (χ0v) is 15.7. The Balaban J connectivity index is 1.85. The molecule has 4 fully saturated rings. The summed E-state index contributed by atoms with van der Waals surface area (Å²) in [5.41, 5.74) is -1.66. The van der Waals surface area contributed by atoms with Gasteiger partial charge in [0.1, 0.15) is 5.60 Å². The lowest BCUT2D eigenvalue weighted by Gasteiger charge is -2.60. The molecule has 1 N–H and O–H groups in total. The van der Waals surface area contributed by atoms with Gasteiger partial charge in [0.05, 0.1) is 11.0 Å². The molecule has 0 aromatic heterocycles. The summed E-state index contributed by atoms with van der Waals surface area (Å²) in [4.78, 5) is 13.2. The van der Waals surface area contributed by atoms with Crippen LogP contribution in [0.1, 0.15) is 80.1 Å². The van der Waals surface area contributed by atoms with Gasteiger partial charge in [-0.1, -0.05) is 34.6 Å². The van der Waals surface area contributed by atoms with Crippen molar-refractivity contribution in [1.29, 1.82) is 0 Å². The quantitative estimate of drug-likeness (QED) is 0.787.